The third-order valence-corrected chi connectivity index (χ3v) is 3.34. The maximum atomic E-state index is 12.3. The first-order valence-electron chi connectivity index (χ1n) is 6.72. The predicted molar refractivity (Wildman–Crippen MR) is 68.9 cm³/mol. The van der Waals surface area contributed by atoms with Crippen LogP contribution >= 0.6 is 0 Å². The highest BCUT2D eigenvalue weighted by Gasteiger charge is 2.31. The largest absolute Gasteiger partial charge is 0.375 e. The quantitative estimate of drug-likeness (QED) is 0.789. The molecule has 0 aliphatic carbocycles. The Balaban J connectivity index is 2.57. The summed E-state index contributed by atoms with van der Waals surface area (Å²) >= 11 is 0. The number of carbonyl (C=O) groups is 1. The molecule has 1 aliphatic heterocycles. The summed E-state index contributed by atoms with van der Waals surface area (Å²) < 4.78 is 5.61. The molecule has 0 aromatic heterocycles. The highest BCUT2D eigenvalue weighted by atomic mass is 16.5. The van der Waals surface area contributed by atoms with Crippen LogP contribution in [-0.4, -0.2) is 49.2 Å². The molecule has 17 heavy (non-hydrogen) atoms. The number of hydrogen-bond acceptors (Lipinski definition) is 3. The number of rotatable bonds is 5. The molecular formula is C13H26N2O2. The van der Waals surface area contributed by atoms with E-state index in [0.717, 1.165) is 26.1 Å². The van der Waals surface area contributed by atoms with Crippen molar-refractivity contribution < 1.29 is 9.53 Å². The summed E-state index contributed by atoms with van der Waals surface area (Å²) in [7, 11) is 0. The molecule has 4 nitrogen and oxygen atoms in total. The summed E-state index contributed by atoms with van der Waals surface area (Å²) in [5, 5.41) is 3.23. The van der Waals surface area contributed by atoms with Gasteiger partial charge in [-0.3, -0.25) is 4.79 Å². The highest BCUT2D eigenvalue weighted by molar-refractivity contribution is 5.79. The third-order valence-electron chi connectivity index (χ3n) is 3.34. The molecule has 4 heteroatoms. The first-order valence-corrected chi connectivity index (χ1v) is 6.72. The zero-order valence-electron chi connectivity index (χ0n) is 11.5. The van der Waals surface area contributed by atoms with E-state index in [2.05, 4.69) is 19.2 Å². The lowest BCUT2D eigenvalue weighted by Gasteiger charge is -2.39. The van der Waals surface area contributed by atoms with E-state index < -0.39 is 0 Å². The van der Waals surface area contributed by atoms with Gasteiger partial charge in [-0.15, -0.1) is 0 Å². The lowest BCUT2D eigenvalue weighted by molar-refractivity contribution is -0.148. The second-order valence-corrected chi connectivity index (χ2v) is 4.91. The van der Waals surface area contributed by atoms with Crippen molar-refractivity contribution in [2.24, 2.45) is 5.92 Å². The topological polar surface area (TPSA) is 41.6 Å². The van der Waals surface area contributed by atoms with E-state index in [0.29, 0.717) is 6.61 Å². The molecule has 3 unspecified atom stereocenters. The first-order chi connectivity index (χ1) is 8.10. The van der Waals surface area contributed by atoms with Gasteiger partial charge in [0.05, 0.1) is 18.8 Å². The Labute approximate surface area is 105 Å². The lowest BCUT2D eigenvalue weighted by atomic mass is 10.1. The van der Waals surface area contributed by atoms with Gasteiger partial charge in [0.15, 0.2) is 0 Å². The first kappa shape index (κ1) is 14.5. The van der Waals surface area contributed by atoms with Gasteiger partial charge in [0.2, 0.25) is 5.91 Å². The normalized spacial score (nSPS) is 26.9. The summed E-state index contributed by atoms with van der Waals surface area (Å²) in [6, 6.07) is 0.253. The van der Waals surface area contributed by atoms with Crippen molar-refractivity contribution in [3.8, 4) is 0 Å². The van der Waals surface area contributed by atoms with Crippen LogP contribution in [0.2, 0.25) is 0 Å². The van der Waals surface area contributed by atoms with Gasteiger partial charge in [0.1, 0.15) is 0 Å². The summed E-state index contributed by atoms with van der Waals surface area (Å²) in [6.45, 7) is 11.3. The Morgan fingerprint density at radius 3 is 2.82 bits per heavy atom. The van der Waals surface area contributed by atoms with E-state index in [1.807, 2.05) is 18.7 Å². The van der Waals surface area contributed by atoms with Crippen LogP contribution in [0.4, 0.5) is 0 Å². The van der Waals surface area contributed by atoms with Gasteiger partial charge in [-0.25, -0.2) is 0 Å². The van der Waals surface area contributed by atoms with E-state index >= 15 is 0 Å². The zero-order valence-corrected chi connectivity index (χ0v) is 11.5. The van der Waals surface area contributed by atoms with Crippen molar-refractivity contribution in [2.45, 2.75) is 46.3 Å². The summed E-state index contributed by atoms with van der Waals surface area (Å²) in [5.41, 5.74) is 0. The SMILES string of the molecule is CCNCC(C)C(=O)N1CC(C)OCC1CC. The van der Waals surface area contributed by atoms with E-state index in [1.165, 1.54) is 0 Å². The molecule has 1 fully saturated rings. The molecular weight excluding hydrogens is 216 g/mol. The van der Waals surface area contributed by atoms with Crippen LogP contribution in [0.3, 0.4) is 0 Å². The molecule has 1 heterocycles. The highest BCUT2D eigenvalue weighted by Crippen LogP contribution is 2.17. The van der Waals surface area contributed by atoms with Crippen molar-refractivity contribution in [3.63, 3.8) is 0 Å². The Hall–Kier alpha value is -0.610. The molecule has 1 amide bonds. The van der Waals surface area contributed by atoms with Crippen LogP contribution in [0.5, 0.6) is 0 Å². The number of amides is 1. The van der Waals surface area contributed by atoms with Gasteiger partial charge in [-0.05, 0) is 19.9 Å². The average Bonchev–Trinajstić information content (AvgIpc) is 2.34. The van der Waals surface area contributed by atoms with Gasteiger partial charge in [-0.1, -0.05) is 20.8 Å². The summed E-state index contributed by atoms with van der Waals surface area (Å²) in [5.74, 6) is 0.308. The molecule has 0 saturated carbocycles. The second-order valence-electron chi connectivity index (χ2n) is 4.91. The number of nitrogens with zero attached hydrogens (tertiary/aromatic N) is 1. The minimum absolute atomic E-state index is 0.0503. The molecule has 0 aromatic rings. The Morgan fingerprint density at radius 1 is 1.53 bits per heavy atom. The van der Waals surface area contributed by atoms with Gasteiger partial charge in [-0.2, -0.15) is 0 Å². The molecule has 100 valence electrons. The van der Waals surface area contributed by atoms with Crippen molar-refractivity contribution in [2.75, 3.05) is 26.2 Å². The number of ether oxygens (including phenoxy) is 1. The molecule has 1 rings (SSSR count). The van der Waals surface area contributed by atoms with Crippen LogP contribution in [0.15, 0.2) is 0 Å². The van der Waals surface area contributed by atoms with Crippen LogP contribution < -0.4 is 5.32 Å². The molecule has 1 saturated heterocycles. The van der Waals surface area contributed by atoms with Gasteiger partial charge in [0, 0.05) is 19.0 Å². The lowest BCUT2D eigenvalue weighted by Crippen LogP contribution is -2.53. The minimum atomic E-state index is 0.0503. The van der Waals surface area contributed by atoms with Crippen molar-refractivity contribution in [1.29, 1.82) is 0 Å². The summed E-state index contributed by atoms with van der Waals surface area (Å²) in [6.07, 6.45) is 1.12. The molecule has 3 atom stereocenters. The van der Waals surface area contributed by atoms with E-state index in [4.69, 9.17) is 4.74 Å². The fraction of sp³-hybridized carbons (Fsp3) is 0.923. The zero-order chi connectivity index (χ0) is 12.8. The number of carbonyl (C=O) groups excluding carboxylic acids is 1. The predicted octanol–water partition coefficient (Wildman–Crippen LogP) is 1.26. The molecule has 0 radical (unpaired) electrons. The fourth-order valence-electron chi connectivity index (χ4n) is 2.18. The molecule has 0 bridgehead atoms. The molecule has 0 spiro atoms. The van der Waals surface area contributed by atoms with Gasteiger partial charge >= 0.3 is 0 Å². The van der Waals surface area contributed by atoms with Crippen molar-refractivity contribution >= 4 is 5.91 Å². The summed E-state index contributed by atoms with van der Waals surface area (Å²) in [4.78, 5) is 14.4. The Kier molecular flexibility index (Phi) is 5.92. The van der Waals surface area contributed by atoms with E-state index in [-0.39, 0.29) is 24.0 Å². The third kappa shape index (κ3) is 3.96. The molecule has 1 N–H and O–H groups in total. The van der Waals surface area contributed by atoms with Crippen LogP contribution in [-0.2, 0) is 9.53 Å². The maximum absolute atomic E-state index is 12.3. The van der Waals surface area contributed by atoms with E-state index in [1.54, 1.807) is 0 Å². The average molecular weight is 242 g/mol. The smallest absolute Gasteiger partial charge is 0.227 e. The van der Waals surface area contributed by atoms with Gasteiger partial charge in [0.25, 0.3) is 0 Å². The fourth-order valence-corrected chi connectivity index (χ4v) is 2.18. The maximum Gasteiger partial charge on any atom is 0.227 e. The van der Waals surface area contributed by atoms with Crippen LogP contribution in [0.25, 0.3) is 0 Å². The number of morpholine rings is 1. The van der Waals surface area contributed by atoms with Gasteiger partial charge < -0.3 is 15.0 Å². The standard InChI is InChI=1S/C13H26N2O2/c1-5-12-9-17-11(4)8-15(12)13(16)10(3)7-14-6-2/h10-12,14H,5-9H2,1-4H3. The van der Waals surface area contributed by atoms with Crippen LogP contribution in [0.1, 0.15) is 34.1 Å². The molecule has 1 aliphatic rings. The molecule has 0 aromatic carbocycles. The minimum Gasteiger partial charge on any atom is -0.375 e. The monoisotopic (exact) mass is 242 g/mol. The van der Waals surface area contributed by atoms with Crippen LogP contribution in [0, 0.1) is 5.92 Å². The Morgan fingerprint density at radius 2 is 2.24 bits per heavy atom. The van der Waals surface area contributed by atoms with E-state index in [9.17, 15) is 4.79 Å². The van der Waals surface area contributed by atoms with Crippen molar-refractivity contribution in [1.82, 2.24) is 10.2 Å². The number of nitrogens with one attached hydrogen (secondary N) is 1. The number of hydrogen-bond donors (Lipinski definition) is 1. The Bertz CT molecular complexity index is 246. The second kappa shape index (κ2) is 6.97. The van der Waals surface area contributed by atoms with Crippen molar-refractivity contribution in [3.05, 3.63) is 0 Å².